The summed E-state index contributed by atoms with van der Waals surface area (Å²) in [5.74, 6) is 0. The third-order valence-electron chi connectivity index (χ3n) is 9.97. The summed E-state index contributed by atoms with van der Waals surface area (Å²) in [4.78, 5) is 5.45. The number of nitrogens with one attached hydrogen (secondary N) is 2. The largest absolute Gasteiger partial charge is 0.381 e. The van der Waals surface area contributed by atoms with E-state index in [0.717, 1.165) is 78.4 Å². The van der Waals surface area contributed by atoms with Crippen LogP contribution in [0.25, 0.3) is 0 Å². The van der Waals surface area contributed by atoms with Crippen molar-refractivity contribution in [3.63, 3.8) is 0 Å². The molecule has 0 aliphatic carbocycles. The average molecular weight is 619 g/mol. The molecule has 0 bridgehead atoms. The Labute approximate surface area is 276 Å². The molecule has 252 valence electrons. The van der Waals surface area contributed by atoms with Gasteiger partial charge in [0.2, 0.25) is 0 Å². The molecule has 2 aromatic rings. The van der Waals surface area contributed by atoms with Gasteiger partial charge in [-0.2, -0.15) is 0 Å². The summed E-state index contributed by atoms with van der Waals surface area (Å²) in [6.07, 6.45) is 7.10. The van der Waals surface area contributed by atoms with Crippen molar-refractivity contribution < 1.29 is 4.74 Å². The predicted molar refractivity (Wildman–Crippen MR) is 193 cm³/mol. The summed E-state index contributed by atoms with van der Waals surface area (Å²) < 4.78 is 6.24. The lowest BCUT2D eigenvalue weighted by molar-refractivity contribution is 0.114. The Morgan fingerprint density at radius 3 is 1.33 bits per heavy atom. The number of benzene rings is 2. The molecule has 2 aromatic carbocycles. The first-order chi connectivity index (χ1) is 21.4. The maximum absolute atomic E-state index is 6.24. The van der Waals surface area contributed by atoms with Crippen LogP contribution in [0.5, 0.6) is 0 Å². The molecule has 5 nitrogen and oxygen atoms in total. The normalized spacial score (nSPS) is 18.7. The molecule has 2 saturated heterocycles. The van der Waals surface area contributed by atoms with Crippen LogP contribution < -0.4 is 10.6 Å². The van der Waals surface area contributed by atoms with Gasteiger partial charge in [0, 0.05) is 77.7 Å². The van der Waals surface area contributed by atoms with E-state index in [0.29, 0.717) is 12.1 Å². The van der Waals surface area contributed by atoms with Crippen molar-refractivity contribution in [2.45, 2.75) is 117 Å². The molecule has 0 aromatic heterocycles. The van der Waals surface area contributed by atoms with Crippen LogP contribution in [0.4, 0.5) is 0 Å². The zero-order chi connectivity index (χ0) is 32.5. The molecule has 0 spiro atoms. The van der Waals surface area contributed by atoms with Crippen molar-refractivity contribution in [2.24, 2.45) is 0 Å². The van der Waals surface area contributed by atoms with Crippen LogP contribution in [-0.4, -0.2) is 75.4 Å². The van der Waals surface area contributed by atoms with Gasteiger partial charge >= 0.3 is 0 Å². The third-order valence-corrected chi connectivity index (χ3v) is 9.97. The van der Waals surface area contributed by atoms with E-state index in [9.17, 15) is 0 Å². The Morgan fingerprint density at radius 2 is 0.978 bits per heavy atom. The van der Waals surface area contributed by atoms with Crippen LogP contribution in [0, 0.1) is 13.8 Å². The summed E-state index contributed by atoms with van der Waals surface area (Å²) in [5.41, 5.74) is 9.13. The minimum absolute atomic E-state index is 0.147. The van der Waals surface area contributed by atoms with E-state index in [-0.39, 0.29) is 10.8 Å². The fraction of sp³-hybridized carbons (Fsp3) is 0.700. The molecule has 2 aliphatic rings. The summed E-state index contributed by atoms with van der Waals surface area (Å²) in [7, 11) is 0. The van der Waals surface area contributed by atoms with E-state index in [4.69, 9.17) is 4.74 Å². The van der Waals surface area contributed by atoms with E-state index in [1.54, 1.807) is 0 Å². The zero-order valence-electron chi connectivity index (χ0n) is 30.2. The zero-order valence-corrected chi connectivity index (χ0v) is 30.2. The SMILES string of the molecule is Cc1ccc(C(CCCCOCCCCC(c2ccc(C)cc2C(C)(C)C)N2CCNCC2)N2CCNCC2)c(C(C)(C)C)c1. The number of unbranched alkanes of at least 4 members (excludes halogenated alkanes) is 2. The van der Waals surface area contributed by atoms with E-state index in [2.05, 4.69) is 112 Å². The minimum atomic E-state index is 0.147. The van der Waals surface area contributed by atoms with E-state index >= 15 is 0 Å². The summed E-state index contributed by atoms with van der Waals surface area (Å²) in [5, 5.41) is 7.11. The minimum Gasteiger partial charge on any atom is -0.381 e. The van der Waals surface area contributed by atoms with E-state index in [1.807, 2.05) is 0 Å². The topological polar surface area (TPSA) is 39.8 Å². The first-order valence-electron chi connectivity index (χ1n) is 18.1. The molecule has 0 saturated carbocycles. The maximum atomic E-state index is 6.24. The van der Waals surface area contributed by atoms with Gasteiger partial charge in [-0.3, -0.25) is 9.80 Å². The van der Waals surface area contributed by atoms with E-state index < -0.39 is 0 Å². The van der Waals surface area contributed by atoms with Gasteiger partial charge in [0.1, 0.15) is 0 Å². The maximum Gasteiger partial charge on any atom is 0.0466 e. The van der Waals surface area contributed by atoms with Gasteiger partial charge in [-0.15, -0.1) is 0 Å². The van der Waals surface area contributed by atoms with Crippen molar-refractivity contribution in [1.82, 2.24) is 20.4 Å². The fourth-order valence-corrected chi connectivity index (χ4v) is 7.46. The van der Waals surface area contributed by atoms with Gasteiger partial charge in [0.05, 0.1) is 0 Å². The predicted octanol–water partition coefficient (Wildman–Crippen LogP) is 7.85. The van der Waals surface area contributed by atoms with Crippen molar-refractivity contribution in [3.8, 4) is 0 Å². The van der Waals surface area contributed by atoms with Gasteiger partial charge < -0.3 is 15.4 Å². The molecule has 0 amide bonds. The third kappa shape index (κ3) is 10.6. The lowest BCUT2D eigenvalue weighted by atomic mass is 9.79. The Hall–Kier alpha value is -1.76. The number of hydrogen-bond acceptors (Lipinski definition) is 5. The van der Waals surface area contributed by atoms with Gasteiger partial charge in [0.15, 0.2) is 0 Å². The van der Waals surface area contributed by atoms with Crippen LogP contribution in [-0.2, 0) is 15.6 Å². The van der Waals surface area contributed by atoms with Crippen molar-refractivity contribution in [2.75, 3.05) is 65.6 Å². The highest BCUT2D eigenvalue weighted by Gasteiger charge is 2.29. The molecule has 5 heteroatoms. The molecule has 2 N–H and O–H groups in total. The Bertz CT molecular complexity index is 1080. The van der Waals surface area contributed by atoms with Gasteiger partial charge in [-0.05, 0) is 85.5 Å². The van der Waals surface area contributed by atoms with Crippen LogP contribution in [0.1, 0.15) is 126 Å². The molecule has 2 fully saturated rings. The molecule has 2 unspecified atom stereocenters. The highest BCUT2D eigenvalue weighted by atomic mass is 16.5. The Morgan fingerprint density at radius 1 is 0.600 bits per heavy atom. The van der Waals surface area contributed by atoms with Crippen LogP contribution in [0.2, 0.25) is 0 Å². The lowest BCUT2D eigenvalue weighted by Gasteiger charge is -2.38. The van der Waals surface area contributed by atoms with Crippen molar-refractivity contribution in [3.05, 3.63) is 69.8 Å². The van der Waals surface area contributed by atoms with Crippen LogP contribution in [0.15, 0.2) is 36.4 Å². The molecule has 2 aliphatic heterocycles. The monoisotopic (exact) mass is 619 g/mol. The Kier molecular flexibility index (Phi) is 13.5. The Balaban J connectivity index is 1.27. The lowest BCUT2D eigenvalue weighted by Crippen LogP contribution is -2.45. The highest BCUT2D eigenvalue weighted by Crippen LogP contribution is 2.37. The van der Waals surface area contributed by atoms with E-state index in [1.165, 1.54) is 59.1 Å². The van der Waals surface area contributed by atoms with Crippen molar-refractivity contribution >= 4 is 0 Å². The molecule has 2 heterocycles. The second kappa shape index (κ2) is 16.9. The van der Waals surface area contributed by atoms with Crippen LogP contribution in [0.3, 0.4) is 0 Å². The summed E-state index contributed by atoms with van der Waals surface area (Å²) in [6.45, 7) is 29.3. The molecule has 45 heavy (non-hydrogen) atoms. The quantitative estimate of drug-likeness (QED) is 0.211. The highest BCUT2D eigenvalue weighted by molar-refractivity contribution is 5.39. The number of piperazine rings is 2. The molecule has 2 atom stereocenters. The first-order valence-corrected chi connectivity index (χ1v) is 18.1. The van der Waals surface area contributed by atoms with Crippen molar-refractivity contribution in [1.29, 1.82) is 0 Å². The fourth-order valence-electron chi connectivity index (χ4n) is 7.46. The number of rotatable bonds is 14. The smallest absolute Gasteiger partial charge is 0.0466 e. The second-order valence-corrected chi connectivity index (χ2v) is 15.9. The van der Waals surface area contributed by atoms with Gasteiger partial charge in [-0.25, -0.2) is 0 Å². The summed E-state index contributed by atoms with van der Waals surface area (Å²) >= 11 is 0. The number of hydrogen-bond donors (Lipinski definition) is 2. The number of ether oxygens (including phenoxy) is 1. The molecular formula is C40H66N4O. The average Bonchev–Trinajstić information content (AvgIpc) is 3.00. The standard InChI is InChI=1S/C40H66N4O/c1-31-15-17-33(35(29-31)39(3,4)5)37(43-23-19-41-20-24-43)13-9-11-27-45-28-12-10-14-38(44-25-21-42-22-26-44)34-18-16-32(2)30-36(34)40(6,7)8/h15-18,29-30,37-38,41-42H,9-14,19-28H2,1-8H3. The summed E-state index contributed by atoms with van der Waals surface area (Å²) in [6, 6.07) is 15.3. The molecule has 4 rings (SSSR count). The van der Waals surface area contributed by atoms with Gasteiger partial charge in [-0.1, -0.05) is 89.1 Å². The van der Waals surface area contributed by atoms with Crippen LogP contribution >= 0.6 is 0 Å². The molecular weight excluding hydrogens is 552 g/mol. The van der Waals surface area contributed by atoms with Gasteiger partial charge in [0.25, 0.3) is 0 Å². The number of aryl methyl sites for hydroxylation is 2. The first kappa shape index (κ1) is 36.1. The molecule has 0 radical (unpaired) electrons. The second-order valence-electron chi connectivity index (χ2n) is 15.9. The number of nitrogens with zero attached hydrogens (tertiary/aromatic N) is 2.